The molecule has 0 aliphatic carbocycles. The lowest BCUT2D eigenvalue weighted by Gasteiger charge is -2.16. The van der Waals surface area contributed by atoms with Crippen molar-refractivity contribution in [3.8, 4) is 5.75 Å². The van der Waals surface area contributed by atoms with Gasteiger partial charge in [-0.15, -0.1) is 11.3 Å². The van der Waals surface area contributed by atoms with Crippen molar-refractivity contribution in [1.82, 2.24) is 4.31 Å². The van der Waals surface area contributed by atoms with E-state index in [2.05, 4.69) is 0 Å². The summed E-state index contributed by atoms with van der Waals surface area (Å²) in [4.78, 5) is 1.01. The van der Waals surface area contributed by atoms with E-state index in [-0.39, 0.29) is 12.4 Å². The third kappa shape index (κ3) is 4.45. The zero-order chi connectivity index (χ0) is 15.3. The summed E-state index contributed by atoms with van der Waals surface area (Å²) < 4.78 is 31.1. The Morgan fingerprint density at radius 2 is 2.00 bits per heavy atom. The molecule has 0 saturated heterocycles. The van der Waals surface area contributed by atoms with Gasteiger partial charge in [0, 0.05) is 18.5 Å². The second-order valence-corrected chi connectivity index (χ2v) is 7.77. The Bertz CT molecular complexity index is 669. The van der Waals surface area contributed by atoms with E-state index < -0.39 is 10.0 Å². The number of rotatable bonds is 7. The highest BCUT2D eigenvalue weighted by Crippen LogP contribution is 2.20. The number of benzene rings is 1. The first-order valence-electron chi connectivity index (χ1n) is 6.43. The summed E-state index contributed by atoms with van der Waals surface area (Å²) in [5.41, 5.74) is 6.24. The van der Waals surface area contributed by atoms with Crippen LogP contribution in [0, 0.1) is 0 Å². The summed E-state index contributed by atoms with van der Waals surface area (Å²) in [6.07, 6.45) is 0. The summed E-state index contributed by atoms with van der Waals surface area (Å²) in [5.74, 6) is 0.428. The molecular formula is C14H18N2O3S2. The van der Waals surface area contributed by atoms with Gasteiger partial charge in [0.1, 0.15) is 12.4 Å². The van der Waals surface area contributed by atoms with Crippen molar-refractivity contribution in [3.05, 3.63) is 46.7 Å². The molecule has 1 aromatic heterocycles. The molecule has 0 fully saturated rings. The minimum Gasteiger partial charge on any atom is -0.490 e. The van der Waals surface area contributed by atoms with Gasteiger partial charge in [0.05, 0.1) is 11.4 Å². The fraction of sp³-hybridized carbons (Fsp3) is 0.286. The molecule has 1 heterocycles. The normalized spacial score (nSPS) is 11.7. The minimum atomic E-state index is -3.35. The van der Waals surface area contributed by atoms with Crippen LogP contribution in [0.3, 0.4) is 0 Å². The van der Waals surface area contributed by atoms with Crippen LogP contribution in [0.5, 0.6) is 5.75 Å². The van der Waals surface area contributed by atoms with Crippen LogP contribution < -0.4 is 10.5 Å². The molecule has 2 N–H and O–H groups in total. The Hall–Kier alpha value is -1.57. The van der Waals surface area contributed by atoms with Crippen molar-refractivity contribution in [2.24, 2.45) is 0 Å². The van der Waals surface area contributed by atoms with Gasteiger partial charge in [-0.25, -0.2) is 8.42 Å². The van der Waals surface area contributed by atoms with Crippen LogP contribution in [-0.2, 0) is 16.6 Å². The fourth-order valence-corrected chi connectivity index (χ4v) is 3.53. The van der Waals surface area contributed by atoms with E-state index in [1.54, 1.807) is 31.3 Å². The molecule has 0 atom stereocenters. The Morgan fingerprint density at radius 3 is 2.67 bits per heavy atom. The van der Waals surface area contributed by atoms with E-state index >= 15 is 0 Å². The summed E-state index contributed by atoms with van der Waals surface area (Å²) in [5, 5.41) is 1.93. The average molecular weight is 326 g/mol. The molecule has 0 saturated carbocycles. The van der Waals surface area contributed by atoms with Crippen molar-refractivity contribution in [2.45, 2.75) is 6.54 Å². The van der Waals surface area contributed by atoms with Gasteiger partial charge in [0.15, 0.2) is 0 Å². The summed E-state index contributed by atoms with van der Waals surface area (Å²) in [6, 6.07) is 10.8. The number of nitrogen functional groups attached to an aromatic ring is 1. The van der Waals surface area contributed by atoms with Gasteiger partial charge >= 0.3 is 0 Å². The van der Waals surface area contributed by atoms with Crippen LogP contribution in [-0.4, -0.2) is 32.1 Å². The molecule has 1 aromatic carbocycles. The average Bonchev–Trinajstić information content (AvgIpc) is 2.93. The maximum Gasteiger partial charge on any atom is 0.217 e. The Labute approximate surface area is 129 Å². The van der Waals surface area contributed by atoms with Gasteiger partial charge in [0.25, 0.3) is 0 Å². The molecule has 2 aromatic rings. The minimum absolute atomic E-state index is 0.0747. The van der Waals surface area contributed by atoms with Crippen molar-refractivity contribution >= 4 is 27.0 Å². The topological polar surface area (TPSA) is 72.6 Å². The van der Waals surface area contributed by atoms with Crippen molar-refractivity contribution < 1.29 is 13.2 Å². The molecule has 0 aliphatic heterocycles. The van der Waals surface area contributed by atoms with Gasteiger partial charge in [-0.05, 0) is 23.6 Å². The predicted octanol–water partition coefficient (Wildman–Crippen LogP) is 2.17. The second kappa shape index (κ2) is 6.93. The molecule has 114 valence electrons. The van der Waals surface area contributed by atoms with Crippen LogP contribution in [0.1, 0.15) is 4.88 Å². The zero-order valence-electron chi connectivity index (χ0n) is 11.7. The van der Waals surface area contributed by atoms with E-state index in [1.807, 2.05) is 17.5 Å². The molecule has 0 spiro atoms. The highest BCUT2D eigenvalue weighted by Gasteiger charge is 2.18. The van der Waals surface area contributed by atoms with Crippen molar-refractivity contribution in [3.63, 3.8) is 0 Å². The number of nitrogens with two attached hydrogens (primary N) is 1. The number of hydrogen-bond acceptors (Lipinski definition) is 5. The second-order valence-electron chi connectivity index (χ2n) is 4.54. The molecule has 0 aliphatic rings. The molecule has 0 radical (unpaired) electrons. The maximum atomic E-state index is 12.2. The molecule has 2 rings (SSSR count). The van der Waals surface area contributed by atoms with Crippen LogP contribution >= 0.6 is 11.3 Å². The molecule has 0 bridgehead atoms. The Kier molecular flexibility index (Phi) is 5.22. The largest absolute Gasteiger partial charge is 0.490 e. The van der Waals surface area contributed by atoms with Crippen LogP contribution in [0.25, 0.3) is 0 Å². The molecule has 21 heavy (non-hydrogen) atoms. The third-order valence-electron chi connectivity index (χ3n) is 2.95. The van der Waals surface area contributed by atoms with Gasteiger partial charge in [0.2, 0.25) is 10.0 Å². The van der Waals surface area contributed by atoms with Gasteiger partial charge in [-0.3, -0.25) is 0 Å². The number of hydrogen-bond donors (Lipinski definition) is 1. The van der Waals surface area contributed by atoms with E-state index in [9.17, 15) is 8.42 Å². The first-order chi connectivity index (χ1) is 9.99. The maximum absolute atomic E-state index is 12.2. The molecule has 0 amide bonds. The standard InChI is InChI=1S/C14H18N2O3S2/c1-16(11-12-5-4-9-20-12)21(17,18)10-8-19-14-7-3-2-6-13(14)15/h2-7,9H,8,10-11,15H2,1H3. The number of thiophene rings is 1. The lowest BCUT2D eigenvalue weighted by molar-refractivity contribution is 0.338. The summed E-state index contributed by atoms with van der Waals surface area (Å²) in [7, 11) is -1.77. The summed E-state index contributed by atoms with van der Waals surface area (Å²) >= 11 is 1.54. The van der Waals surface area contributed by atoms with Gasteiger partial charge in [-0.2, -0.15) is 4.31 Å². The van der Waals surface area contributed by atoms with Crippen LogP contribution in [0.15, 0.2) is 41.8 Å². The smallest absolute Gasteiger partial charge is 0.217 e. The number of sulfonamides is 1. The van der Waals surface area contributed by atoms with E-state index in [4.69, 9.17) is 10.5 Å². The van der Waals surface area contributed by atoms with E-state index in [0.717, 1.165) is 4.88 Å². The third-order valence-corrected chi connectivity index (χ3v) is 5.57. The quantitative estimate of drug-likeness (QED) is 0.792. The van der Waals surface area contributed by atoms with Crippen LogP contribution in [0.2, 0.25) is 0 Å². The molecule has 0 unspecified atom stereocenters. The molecular weight excluding hydrogens is 308 g/mol. The highest BCUT2D eigenvalue weighted by atomic mass is 32.2. The Balaban J connectivity index is 1.88. The van der Waals surface area contributed by atoms with Gasteiger partial charge < -0.3 is 10.5 Å². The number of ether oxygens (including phenoxy) is 1. The van der Waals surface area contributed by atoms with E-state index in [1.165, 1.54) is 15.6 Å². The molecule has 7 heteroatoms. The van der Waals surface area contributed by atoms with Crippen molar-refractivity contribution in [1.29, 1.82) is 0 Å². The van der Waals surface area contributed by atoms with Gasteiger partial charge in [-0.1, -0.05) is 18.2 Å². The van der Waals surface area contributed by atoms with Crippen molar-refractivity contribution in [2.75, 3.05) is 25.1 Å². The number of nitrogens with zero attached hydrogens (tertiary/aromatic N) is 1. The first-order valence-corrected chi connectivity index (χ1v) is 8.91. The highest BCUT2D eigenvalue weighted by molar-refractivity contribution is 7.89. The SMILES string of the molecule is CN(Cc1cccs1)S(=O)(=O)CCOc1ccccc1N. The number of anilines is 1. The predicted molar refractivity (Wildman–Crippen MR) is 85.9 cm³/mol. The zero-order valence-corrected chi connectivity index (χ0v) is 13.4. The lowest BCUT2D eigenvalue weighted by atomic mass is 10.3. The molecule has 5 nitrogen and oxygen atoms in total. The first kappa shape index (κ1) is 15.8. The summed E-state index contributed by atoms with van der Waals surface area (Å²) in [6.45, 7) is 0.457. The number of para-hydroxylation sites is 2. The van der Waals surface area contributed by atoms with E-state index in [0.29, 0.717) is 18.0 Å². The fourth-order valence-electron chi connectivity index (χ4n) is 1.75. The Morgan fingerprint density at radius 1 is 1.24 bits per heavy atom. The monoisotopic (exact) mass is 326 g/mol. The van der Waals surface area contributed by atoms with Crippen LogP contribution in [0.4, 0.5) is 5.69 Å². The lowest BCUT2D eigenvalue weighted by Crippen LogP contribution is -2.30.